The number of benzene rings is 2. The average Bonchev–Trinajstić information content (AvgIpc) is 2.67. The minimum absolute atomic E-state index is 0.273. The lowest BCUT2D eigenvalue weighted by Crippen LogP contribution is -2.61. The molecule has 2 atom stereocenters. The Morgan fingerprint density at radius 1 is 1.04 bits per heavy atom. The van der Waals surface area contributed by atoms with Crippen LogP contribution in [0.4, 0.5) is 0 Å². The summed E-state index contributed by atoms with van der Waals surface area (Å²) in [6, 6.07) is 19.2. The molecule has 0 amide bonds. The van der Waals surface area contributed by atoms with Crippen molar-refractivity contribution in [1.82, 2.24) is 0 Å². The van der Waals surface area contributed by atoms with Crippen LogP contribution in [-0.4, -0.2) is 29.4 Å². The summed E-state index contributed by atoms with van der Waals surface area (Å²) in [6.07, 6.45) is 1.11. The Kier molecular flexibility index (Phi) is 5.15. The highest BCUT2D eigenvalue weighted by molar-refractivity contribution is 5.73. The Bertz CT molecular complexity index is 745. The van der Waals surface area contributed by atoms with Crippen molar-refractivity contribution in [2.75, 3.05) is 7.11 Å². The molecule has 1 fully saturated rings. The van der Waals surface area contributed by atoms with Crippen molar-refractivity contribution in [1.29, 1.82) is 0 Å². The molecule has 0 radical (unpaired) electrons. The van der Waals surface area contributed by atoms with Crippen molar-refractivity contribution in [2.45, 2.75) is 50.4 Å². The predicted molar refractivity (Wildman–Crippen MR) is 104 cm³/mol. The van der Waals surface area contributed by atoms with E-state index in [4.69, 9.17) is 9.47 Å². The smallest absolute Gasteiger partial charge is 0.311 e. The average molecular weight is 368 g/mol. The lowest BCUT2D eigenvalue weighted by Gasteiger charge is -2.54. The molecular formula is C23H28O4. The summed E-state index contributed by atoms with van der Waals surface area (Å²) in [4.78, 5) is 12.2. The van der Waals surface area contributed by atoms with E-state index in [9.17, 15) is 9.90 Å². The molecule has 0 aromatic heterocycles. The Labute approximate surface area is 161 Å². The number of esters is 1. The van der Waals surface area contributed by atoms with Gasteiger partial charge in [-0.25, -0.2) is 0 Å². The van der Waals surface area contributed by atoms with Gasteiger partial charge < -0.3 is 14.6 Å². The summed E-state index contributed by atoms with van der Waals surface area (Å²) >= 11 is 0. The second kappa shape index (κ2) is 7.10. The number of rotatable bonds is 4. The summed E-state index contributed by atoms with van der Waals surface area (Å²) in [7, 11) is 1.40. The predicted octanol–water partition coefficient (Wildman–Crippen LogP) is 4.06. The van der Waals surface area contributed by atoms with E-state index in [-0.39, 0.29) is 11.9 Å². The first-order valence-corrected chi connectivity index (χ1v) is 9.36. The lowest BCUT2D eigenvalue weighted by atomic mass is 9.67. The van der Waals surface area contributed by atoms with Crippen LogP contribution in [0, 0.1) is 5.92 Å². The number of carbonyl (C=O) groups excluding carboxylic acids is 1. The number of aliphatic hydroxyl groups is 1. The fourth-order valence-electron chi connectivity index (χ4n) is 4.40. The van der Waals surface area contributed by atoms with E-state index < -0.39 is 16.8 Å². The molecule has 1 aliphatic rings. The van der Waals surface area contributed by atoms with E-state index in [1.807, 2.05) is 81.4 Å². The van der Waals surface area contributed by atoms with Crippen LogP contribution < -0.4 is 0 Å². The first-order chi connectivity index (χ1) is 12.7. The minimum atomic E-state index is -1.35. The van der Waals surface area contributed by atoms with Crippen LogP contribution in [0.5, 0.6) is 0 Å². The van der Waals surface area contributed by atoms with Crippen LogP contribution in [0.2, 0.25) is 0 Å². The van der Waals surface area contributed by atoms with Crippen LogP contribution in [0.25, 0.3) is 0 Å². The molecule has 0 saturated carbocycles. The van der Waals surface area contributed by atoms with Gasteiger partial charge in [-0.3, -0.25) is 4.79 Å². The van der Waals surface area contributed by atoms with Crippen LogP contribution in [0.3, 0.4) is 0 Å². The molecule has 3 rings (SSSR count). The second-order valence-electron chi connectivity index (χ2n) is 7.99. The monoisotopic (exact) mass is 368 g/mol. The molecule has 27 heavy (non-hydrogen) atoms. The zero-order valence-electron chi connectivity index (χ0n) is 16.4. The summed E-state index contributed by atoms with van der Waals surface area (Å²) in [5.41, 5.74) is -1.49. The molecule has 0 unspecified atom stereocenters. The van der Waals surface area contributed by atoms with Gasteiger partial charge in [0.05, 0.1) is 18.6 Å². The summed E-state index contributed by atoms with van der Waals surface area (Å²) in [5.74, 6) is -0.642. The van der Waals surface area contributed by atoms with E-state index in [2.05, 4.69) is 0 Å². The zero-order chi connectivity index (χ0) is 19.7. The van der Waals surface area contributed by atoms with Crippen LogP contribution in [0.1, 0.15) is 44.7 Å². The van der Waals surface area contributed by atoms with Gasteiger partial charge in [-0.1, -0.05) is 60.7 Å². The maximum Gasteiger partial charge on any atom is 0.311 e. The van der Waals surface area contributed by atoms with E-state index in [1.165, 1.54) is 7.11 Å². The van der Waals surface area contributed by atoms with Gasteiger partial charge in [0.15, 0.2) is 0 Å². The van der Waals surface area contributed by atoms with Gasteiger partial charge in [0.1, 0.15) is 11.2 Å². The van der Waals surface area contributed by atoms with Crippen molar-refractivity contribution < 1.29 is 19.4 Å². The minimum Gasteiger partial charge on any atom is -0.469 e. The van der Waals surface area contributed by atoms with Crippen molar-refractivity contribution in [3.63, 3.8) is 0 Å². The Hall–Kier alpha value is -2.17. The van der Waals surface area contributed by atoms with E-state index >= 15 is 0 Å². The van der Waals surface area contributed by atoms with E-state index in [0.29, 0.717) is 12.8 Å². The number of hydrogen-bond acceptors (Lipinski definition) is 4. The van der Waals surface area contributed by atoms with Gasteiger partial charge in [0.25, 0.3) is 0 Å². The zero-order valence-corrected chi connectivity index (χ0v) is 16.4. The molecule has 0 bridgehead atoms. The topological polar surface area (TPSA) is 55.8 Å². The molecule has 1 N–H and O–H groups in total. The van der Waals surface area contributed by atoms with Gasteiger partial charge in [0.2, 0.25) is 0 Å². The highest BCUT2D eigenvalue weighted by Gasteiger charge is 2.57. The van der Waals surface area contributed by atoms with Gasteiger partial charge >= 0.3 is 5.97 Å². The molecule has 0 spiro atoms. The number of carbonyl (C=O) groups is 1. The van der Waals surface area contributed by atoms with Gasteiger partial charge in [-0.2, -0.15) is 0 Å². The van der Waals surface area contributed by atoms with E-state index in [1.54, 1.807) is 0 Å². The number of hydrogen-bond donors (Lipinski definition) is 1. The second-order valence-corrected chi connectivity index (χ2v) is 7.99. The van der Waals surface area contributed by atoms with Crippen molar-refractivity contribution in [3.05, 3.63) is 71.8 Å². The SMILES string of the molecule is COC(=O)[C@H]1CC[C@@](C)(C(O)(c2ccccc2)c2ccccc2)OC1(C)C. The standard InChI is InChI=1S/C23H28O4/c1-21(2)19(20(24)26-4)15-16-22(3,27-21)23(25,17-11-7-5-8-12-17)18-13-9-6-10-14-18/h5-14,19,25H,15-16H2,1-4H3/t19-,22+/m1/s1. The first-order valence-electron chi connectivity index (χ1n) is 9.36. The normalized spacial score (nSPS) is 25.0. The largest absolute Gasteiger partial charge is 0.469 e. The van der Waals surface area contributed by atoms with E-state index in [0.717, 1.165) is 11.1 Å². The summed E-state index contributed by atoms with van der Waals surface area (Å²) < 4.78 is 11.5. The van der Waals surface area contributed by atoms with Crippen molar-refractivity contribution >= 4 is 5.97 Å². The maximum absolute atomic E-state index is 12.2. The maximum atomic E-state index is 12.2. The molecular weight excluding hydrogens is 340 g/mol. The third kappa shape index (κ3) is 3.28. The Morgan fingerprint density at radius 3 is 1.93 bits per heavy atom. The molecule has 0 aliphatic carbocycles. The molecule has 144 valence electrons. The Morgan fingerprint density at radius 2 is 1.52 bits per heavy atom. The third-order valence-corrected chi connectivity index (χ3v) is 5.87. The van der Waals surface area contributed by atoms with Crippen LogP contribution in [-0.2, 0) is 19.9 Å². The summed E-state index contributed by atoms with van der Waals surface area (Å²) in [6.45, 7) is 5.72. The van der Waals surface area contributed by atoms with Crippen molar-refractivity contribution in [3.8, 4) is 0 Å². The molecule has 4 heteroatoms. The van der Waals surface area contributed by atoms with Crippen molar-refractivity contribution in [2.24, 2.45) is 5.92 Å². The van der Waals surface area contributed by atoms with Gasteiger partial charge in [0, 0.05) is 0 Å². The van der Waals surface area contributed by atoms with Crippen LogP contribution >= 0.6 is 0 Å². The fraction of sp³-hybridized carbons (Fsp3) is 0.435. The fourth-order valence-corrected chi connectivity index (χ4v) is 4.40. The molecule has 1 heterocycles. The number of methoxy groups -OCH3 is 1. The molecule has 2 aromatic rings. The van der Waals surface area contributed by atoms with Gasteiger partial charge in [-0.15, -0.1) is 0 Å². The molecule has 4 nitrogen and oxygen atoms in total. The Balaban J connectivity index is 2.10. The highest BCUT2D eigenvalue weighted by Crippen LogP contribution is 2.51. The molecule has 2 aromatic carbocycles. The number of ether oxygens (including phenoxy) is 2. The molecule has 1 aliphatic heterocycles. The quantitative estimate of drug-likeness (QED) is 0.827. The third-order valence-electron chi connectivity index (χ3n) is 5.87. The lowest BCUT2D eigenvalue weighted by molar-refractivity contribution is -0.257. The highest BCUT2D eigenvalue weighted by atomic mass is 16.6. The van der Waals surface area contributed by atoms with Gasteiger partial charge in [-0.05, 0) is 44.7 Å². The molecule has 1 saturated heterocycles. The van der Waals surface area contributed by atoms with Crippen LogP contribution in [0.15, 0.2) is 60.7 Å². The first kappa shape index (κ1) is 19.6. The summed E-state index contributed by atoms with van der Waals surface area (Å²) in [5, 5.41) is 12.1.